The molecular weight excluding hydrogens is 368 g/mol. The van der Waals surface area contributed by atoms with Gasteiger partial charge >= 0.3 is 12.0 Å². The summed E-state index contributed by atoms with van der Waals surface area (Å²) < 4.78 is 7.30. The molecule has 2 heterocycles. The molecule has 0 saturated carbocycles. The van der Waals surface area contributed by atoms with Gasteiger partial charge in [-0.1, -0.05) is 12.1 Å². The quantitative estimate of drug-likeness (QED) is 0.526. The number of urea groups is 1. The van der Waals surface area contributed by atoms with E-state index in [2.05, 4.69) is 25.7 Å². The molecule has 0 bridgehead atoms. The van der Waals surface area contributed by atoms with Gasteiger partial charge in [-0.05, 0) is 54.1 Å². The van der Waals surface area contributed by atoms with Gasteiger partial charge in [-0.15, -0.1) is 0 Å². The van der Waals surface area contributed by atoms with Crippen molar-refractivity contribution in [3.05, 3.63) is 91.0 Å². The van der Waals surface area contributed by atoms with Gasteiger partial charge in [-0.2, -0.15) is 5.10 Å². The van der Waals surface area contributed by atoms with Crippen LogP contribution in [0.5, 0.6) is 11.8 Å². The van der Waals surface area contributed by atoms with E-state index in [1.807, 2.05) is 36.5 Å². The van der Waals surface area contributed by atoms with E-state index in [1.54, 1.807) is 53.6 Å². The van der Waals surface area contributed by atoms with Crippen LogP contribution in [0, 0.1) is 0 Å². The molecule has 4 rings (SSSR count). The van der Waals surface area contributed by atoms with Crippen LogP contribution in [-0.2, 0) is 6.54 Å². The Morgan fingerprint density at radius 3 is 2.38 bits per heavy atom. The van der Waals surface area contributed by atoms with Gasteiger partial charge in [0.1, 0.15) is 5.75 Å². The number of carbonyl (C=O) groups is 1. The molecule has 8 heteroatoms. The van der Waals surface area contributed by atoms with E-state index >= 15 is 0 Å². The van der Waals surface area contributed by atoms with Crippen LogP contribution in [0.2, 0.25) is 0 Å². The Hall–Kier alpha value is -4.20. The van der Waals surface area contributed by atoms with Crippen molar-refractivity contribution in [2.45, 2.75) is 6.54 Å². The van der Waals surface area contributed by atoms with Crippen LogP contribution in [0.25, 0.3) is 5.69 Å². The minimum absolute atomic E-state index is 0.268. The number of nitrogens with one attached hydrogen (secondary N) is 2. The van der Waals surface area contributed by atoms with E-state index in [9.17, 15) is 4.79 Å². The van der Waals surface area contributed by atoms with Gasteiger partial charge in [0.05, 0.1) is 5.69 Å². The molecule has 4 aromatic rings. The van der Waals surface area contributed by atoms with Crippen LogP contribution in [0.15, 0.2) is 85.5 Å². The average molecular weight is 386 g/mol. The molecule has 0 unspecified atom stereocenters. The van der Waals surface area contributed by atoms with Crippen molar-refractivity contribution in [3.63, 3.8) is 0 Å². The molecule has 0 aliphatic carbocycles. The highest BCUT2D eigenvalue weighted by molar-refractivity contribution is 5.89. The van der Waals surface area contributed by atoms with Gasteiger partial charge in [0.25, 0.3) is 0 Å². The van der Waals surface area contributed by atoms with Crippen molar-refractivity contribution < 1.29 is 9.53 Å². The maximum absolute atomic E-state index is 12.1. The second-order valence-electron chi connectivity index (χ2n) is 6.08. The maximum atomic E-state index is 12.1. The smallest absolute Gasteiger partial charge is 0.321 e. The summed E-state index contributed by atoms with van der Waals surface area (Å²) in [6.07, 6.45) is 6.82. The van der Waals surface area contributed by atoms with E-state index in [1.165, 1.54) is 0 Å². The highest BCUT2D eigenvalue weighted by atomic mass is 16.5. The van der Waals surface area contributed by atoms with Crippen molar-refractivity contribution in [2.75, 3.05) is 5.32 Å². The van der Waals surface area contributed by atoms with E-state index in [-0.39, 0.29) is 12.0 Å². The summed E-state index contributed by atoms with van der Waals surface area (Å²) in [6.45, 7) is 0.414. The first kappa shape index (κ1) is 18.2. The summed E-state index contributed by atoms with van der Waals surface area (Å²) in [4.78, 5) is 20.1. The van der Waals surface area contributed by atoms with Crippen molar-refractivity contribution in [1.82, 2.24) is 25.1 Å². The lowest BCUT2D eigenvalue weighted by molar-refractivity contribution is 0.251. The molecule has 0 aliphatic rings. The number of nitrogens with zero attached hydrogens (tertiary/aromatic N) is 4. The third-order valence-electron chi connectivity index (χ3n) is 4.02. The monoisotopic (exact) mass is 386 g/mol. The molecule has 144 valence electrons. The predicted octanol–water partition coefficient (Wildman–Crippen LogP) is 3.78. The van der Waals surface area contributed by atoms with Crippen LogP contribution in [0.3, 0.4) is 0 Å². The molecule has 29 heavy (non-hydrogen) atoms. The first-order valence-corrected chi connectivity index (χ1v) is 8.95. The van der Waals surface area contributed by atoms with Crippen molar-refractivity contribution in [3.8, 4) is 17.4 Å². The van der Waals surface area contributed by atoms with Gasteiger partial charge in [-0.25, -0.2) is 19.4 Å². The summed E-state index contributed by atoms with van der Waals surface area (Å²) in [5.41, 5.74) is 2.60. The standard InChI is InChI=1S/C21H18N6O2/c28-20(24-15-16-3-7-18(8-4-16)27-14-2-13-25-27)26-17-5-9-19(10-6-17)29-21-22-11-1-12-23-21/h1-14H,15H2,(H2,24,26,28). The molecule has 2 amide bonds. The van der Waals surface area contributed by atoms with Crippen LogP contribution in [-0.4, -0.2) is 25.8 Å². The molecule has 0 saturated heterocycles. The lowest BCUT2D eigenvalue weighted by Gasteiger charge is -2.09. The Kier molecular flexibility index (Phi) is 5.43. The second kappa shape index (κ2) is 8.66. The number of ether oxygens (including phenoxy) is 1. The van der Waals surface area contributed by atoms with Crippen molar-refractivity contribution in [1.29, 1.82) is 0 Å². The third-order valence-corrected chi connectivity index (χ3v) is 4.02. The third kappa shape index (κ3) is 4.95. The Morgan fingerprint density at radius 1 is 0.931 bits per heavy atom. The Balaban J connectivity index is 1.27. The number of aromatic nitrogens is 4. The molecule has 0 spiro atoms. The molecule has 2 aromatic heterocycles. The molecule has 8 nitrogen and oxygen atoms in total. The summed E-state index contributed by atoms with van der Waals surface area (Å²) in [7, 11) is 0. The number of hydrogen-bond acceptors (Lipinski definition) is 5. The fourth-order valence-electron chi connectivity index (χ4n) is 2.60. The summed E-state index contributed by atoms with van der Waals surface area (Å²) in [5.74, 6) is 0.583. The largest absolute Gasteiger partial charge is 0.424 e. The number of carbonyl (C=O) groups excluding carboxylic acids is 1. The topological polar surface area (TPSA) is 94.0 Å². The highest BCUT2D eigenvalue weighted by Crippen LogP contribution is 2.19. The number of amides is 2. The minimum Gasteiger partial charge on any atom is -0.424 e. The Morgan fingerprint density at radius 2 is 1.69 bits per heavy atom. The lowest BCUT2D eigenvalue weighted by atomic mass is 10.2. The van der Waals surface area contributed by atoms with Crippen LogP contribution < -0.4 is 15.4 Å². The summed E-state index contributed by atoms with van der Waals surface area (Å²) in [5, 5.41) is 9.81. The van der Waals surface area contributed by atoms with E-state index in [0.29, 0.717) is 18.0 Å². The zero-order valence-corrected chi connectivity index (χ0v) is 15.4. The second-order valence-corrected chi connectivity index (χ2v) is 6.08. The molecule has 0 atom stereocenters. The van der Waals surface area contributed by atoms with E-state index < -0.39 is 0 Å². The summed E-state index contributed by atoms with van der Waals surface area (Å²) in [6, 6.07) is 18.3. The maximum Gasteiger partial charge on any atom is 0.321 e. The average Bonchev–Trinajstić information content (AvgIpc) is 3.30. The zero-order chi connectivity index (χ0) is 19.9. The minimum atomic E-state index is -0.291. The van der Waals surface area contributed by atoms with Crippen molar-refractivity contribution >= 4 is 11.7 Å². The molecule has 0 fully saturated rings. The highest BCUT2D eigenvalue weighted by Gasteiger charge is 2.04. The zero-order valence-electron chi connectivity index (χ0n) is 15.4. The van der Waals surface area contributed by atoms with Crippen LogP contribution in [0.4, 0.5) is 10.5 Å². The number of anilines is 1. The van der Waals surface area contributed by atoms with Gasteiger partial charge < -0.3 is 15.4 Å². The molecule has 0 radical (unpaired) electrons. The van der Waals surface area contributed by atoms with E-state index in [4.69, 9.17) is 4.74 Å². The van der Waals surface area contributed by atoms with Gasteiger partial charge in [-0.3, -0.25) is 0 Å². The molecular formula is C21H18N6O2. The number of benzene rings is 2. The first-order valence-electron chi connectivity index (χ1n) is 8.95. The Bertz CT molecular complexity index is 1050. The lowest BCUT2D eigenvalue weighted by Crippen LogP contribution is -2.28. The van der Waals surface area contributed by atoms with E-state index in [0.717, 1.165) is 11.3 Å². The van der Waals surface area contributed by atoms with Crippen LogP contribution >= 0.6 is 0 Å². The molecule has 0 aliphatic heterocycles. The predicted molar refractivity (Wildman–Crippen MR) is 108 cm³/mol. The molecule has 2 N–H and O–H groups in total. The number of hydrogen-bond donors (Lipinski definition) is 2. The fourth-order valence-corrected chi connectivity index (χ4v) is 2.60. The van der Waals surface area contributed by atoms with Gasteiger partial charge in [0.2, 0.25) is 0 Å². The normalized spacial score (nSPS) is 10.3. The SMILES string of the molecule is O=C(NCc1ccc(-n2cccn2)cc1)Nc1ccc(Oc2ncccn2)cc1. The summed E-state index contributed by atoms with van der Waals surface area (Å²) >= 11 is 0. The van der Waals surface area contributed by atoms with Gasteiger partial charge in [0, 0.05) is 37.0 Å². The van der Waals surface area contributed by atoms with Crippen molar-refractivity contribution in [2.24, 2.45) is 0 Å². The van der Waals surface area contributed by atoms with Gasteiger partial charge in [0.15, 0.2) is 0 Å². The molecule has 2 aromatic carbocycles. The Labute approximate surface area is 167 Å². The van der Waals surface area contributed by atoms with Crippen LogP contribution in [0.1, 0.15) is 5.56 Å². The first-order chi connectivity index (χ1) is 14.3. The number of rotatable bonds is 6. The fraction of sp³-hybridized carbons (Fsp3) is 0.0476.